The number of rotatable bonds is 0. The molecule has 1 aromatic carbocycles. The Morgan fingerprint density at radius 3 is 3.15 bits per heavy atom. The first-order chi connectivity index (χ1) is 13.1. The van der Waals surface area contributed by atoms with Crippen molar-refractivity contribution in [2.45, 2.75) is 19.1 Å². The number of nitrogens with zero attached hydrogens (tertiary/aromatic N) is 3. The van der Waals surface area contributed by atoms with Crippen molar-refractivity contribution in [3.05, 3.63) is 47.5 Å². The molecule has 27 heavy (non-hydrogen) atoms. The average Bonchev–Trinajstić information content (AvgIpc) is 3.07. The van der Waals surface area contributed by atoms with Crippen LogP contribution in [-0.4, -0.2) is 39.8 Å². The number of carbonyl (C=O) groups excluding carboxylic acids is 1. The number of ether oxygens (including phenoxy) is 2. The summed E-state index contributed by atoms with van der Waals surface area (Å²) in [6.07, 6.45) is 2.77. The summed E-state index contributed by atoms with van der Waals surface area (Å²) in [5, 5.41) is 10.2. The second kappa shape index (κ2) is 5.83. The Balaban J connectivity index is 1.65. The van der Waals surface area contributed by atoms with Gasteiger partial charge in [-0.05, 0) is 19.1 Å². The van der Waals surface area contributed by atoms with E-state index in [1.165, 1.54) is 22.8 Å². The van der Waals surface area contributed by atoms with Crippen LogP contribution < -0.4 is 20.1 Å². The van der Waals surface area contributed by atoms with Gasteiger partial charge >= 0.3 is 0 Å². The molecule has 1 unspecified atom stereocenters. The quantitative estimate of drug-likeness (QED) is 0.629. The van der Waals surface area contributed by atoms with E-state index >= 15 is 0 Å². The number of fused-ring (bicyclic) bond motifs is 4. The van der Waals surface area contributed by atoms with Gasteiger partial charge in [0.05, 0.1) is 18.8 Å². The lowest BCUT2D eigenvalue weighted by molar-refractivity contribution is 0.0780. The minimum atomic E-state index is -0.423. The number of halogens is 1. The largest absolute Gasteiger partial charge is 0.485 e. The number of aromatic nitrogens is 3. The minimum Gasteiger partial charge on any atom is -0.485 e. The zero-order valence-electron chi connectivity index (χ0n) is 14.4. The number of amides is 1. The van der Waals surface area contributed by atoms with Gasteiger partial charge in [0.15, 0.2) is 17.1 Å². The smallest absolute Gasteiger partial charge is 0.256 e. The fourth-order valence-corrected chi connectivity index (χ4v) is 3.35. The van der Waals surface area contributed by atoms with Crippen molar-refractivity contribution in [3.63, 3.8) is 0 Å². The number of benzene rings is 1. The van der Waals surface area contributed by atoms with Crippen molar-refractivity contribution in [2.75, 3.05) is 18.5 Å². The fourth-order valence-electron chi connectivity index (χ4n) is 3.35. The highest BCUT2D eigenvalue weighted by Gasteiger charge is 2.28. The minimum absolute atomic E-state index is 0.217. The highest BCUT2D eigenvalue weighted by atomic mass is 19.1. The number of carbonyl (C=O) groups is 1. The van der Waals surface area contributed by atoms with E-state index in [0.717, 1.165) is 0 Å². The van der Waals surface area contributed by atoms with Crippen LogP contribution in [0, 0.1) is 5.82 Å². The molecule has 2 N–H and O–H groups in total. The van der Waals surface area contributed by atoms with Crippen LogP contribution in [0.15, 0.2) is 30.6 Å². The van der Waals surface area contributed by atoms with Gasteiger partial charge in [-0.1, -0.05) is 0 Å². The molecule has 3 aromatic rings. The third kappa shape index (κ3) is 2.62. The Morgan fingerprint density at radius 1 is 1.37 bits per heavy atom. The SMILES string of the molecule is CC1Nc2ccn3ncc(c3n2)C(=O)NC[C@H]2COc3c(cc(F)cc31)O2. The van der Waals surface area contributed by atoms with E-state index in [1.54, 1.807) is 12.3 Å². The van der Waals surface area contributed by atoms with E-state index in [2.05, 4.69) is 20.7 Å². The number of hydrogen-bond acceptors (Lipinski definition) is 6. The van der Waals surface area contributed by atoms with Crippen LogP contribution in [0.5, 0.6) is 11.5 Å². The van der Waals surface area contributed by atoms with E-state index in [9.17, 15) is 9.18 Å². The van der Waals surface area contributed by atoms with E-state index in [0.29, 0.717) is 34.1 Å². The molecule has 2 aromatic heterocycles. The molecule has 0 aliphatic carbocycles. The van der Waals surface area contributed by atoms with Crippen LogP contribution in [0.25, 0.3) is 5.65 Å². The predicted molar refractivity (Wildman–Crippen MR) is 93.7 cm³/mol. The monoisotopic (exact) mass is 369 g/mol. The van der Waals surface area contributed by atoms with Crippen LogP contribution in [-0.2, 0) is 0 Å². The van der Waals surface area contributed by atoms with Crippen molar-refractivity contribution < 1.29 is 18.7 Å². The summed E-state index contributed by atoms with van der Waals surface area (Å²) in [4.78, 5) is 17.1. The van der Waals surface area contributed by atoms with Crippen LogP contribution in [0.4, 0.5) is 10.2 Å². The summed E-state index contributed by atoms with van der Waals surface area (Å²) in [6.45, 7) is 2.35. The molecule has 5 heterocycles. The van der Waals surface area contributed by atoms with Gasteiger partial charge < -0.3 is 20.1 Å². The number of hydrogen-bond donors (Lipinski definition) is 2. The van der Waals surface area contributed by atoms with Crippen molar-refractivity contribution in [1.82, 2.24) is 19.9 Å². The fraction of sp³-hybridized carbons (Fsp3) is 0.278. The van der Waals surface area contributed by atoms with E-state index in [-0.39, 0.29) is 25.1 Å². The average molecular weight is 369 g/mol. The second-order valence-corrected chi connectivity index (χ2v) is 6.59. The molecule has 6 bridgehead atoms. The first kappa shape index (κ1) is 15.9. The molecule has 3 aliphatic heterocycles. The van der Waals surface area contributed by atoms with Crippen molar-refractivity contribution in [2.24, 2.45) is 0 Å². The summed E-state index contributed by atoms with van der Waals surface area (Å²) in [7, 11) is 0. The van der Waals surface area contributed by atoms with Crippen LogP contribution >= 0.6 is 0 Å². The summed E-state index contributed by atoms with van der Waals surface area (Å²) in [6, 6.07) is 4.17. The molecule has 2 atom stereocenters. The lowest BCUT2D eigenvalue weighted by Crippen LogP contribution is -2.41. The first-order valence-corrected chi connectivity index (χ1v) is 8.60. The van der Waals surface area contributed by atoms with Gasteiger partial charge in [-0.15, -0.1) is 0 Å². The molecule has 138 valence electrons. The Morgan fingerprint density at radius 2 is 2.26 bits per heavy atom. The zero-order chi connectivity index (χ0) is 18.5. The zero-order valence-corrected chi connectivity index (χ0v) is 14.4. The summed E-state index contributed by atoms with van der Waals surface area (Å²) < 4.78 is 27.4. The molecular weight excluding hydrogens is 353 g/mol. The molecule has 0 spiro atoms. The predicted octanol–water partition coefficient (Wildman–Crippen LogP) is 1.92. The molecule has 0 radical (unpaired) electrons. The molecule has 0 saturated carbocycles. The highest BCUT2D eigenvalue weighted by molar-refractivity contribution is 5.99. The third-order valence-corrected chi connectivity index (χ3v) is 4.69. The number of nitrogens with one attached hydrogen (secondary N) is 2. The Bertz CT molecular complexity index is 1070. The summed E-state index contributed by atoms with van der Waals surface area (Å²) in [5.41, 5.74) is 1.44. The maximum Gasteiger partial charge on any atom is 0.256 e. The Hall–Kier alpha value is -3.36. The normalized spacial score (nSPS) is 21.2. The van der Waals surface area contributed by atoms with Crippen molar-refractivity contribution in [3.8, 4) is 11.5 Å². The lowest BCUT2D eigenvalue weighted by atomic mass is 10.1. The van der Waals surface area contributed by atoms with Gasteiger partial charge in [-0.3, -0.25) is 4.79 Å². The summed E-state index contributed by atoms with van der Waals surface area (Å²) in [5.74, 6) is 0.639. The van der Waals surface area contributed by atoms with E-state index in [4.69, 9.17) is 9.47 Å². The van der Waals surface area contributed by atoms with Crippen molar-refractivity contribution >= 4 is 17.4 Å². The Labute approximate surface area is 153 Å². The summed E-state index contributed by atoms with van der Waals surface area (Å²) >= 11 is 0. The molecule has 3 aliphatic rings. The Kier molecular flexibility index (Phi) is 3.43. The molecule has 8 nitrogen and oxygen atoms in total. The van der Waals surface area contributed by atoms with Crippen LogP contribution in [0.2, 0.25) is 0 Å². The maximum atomic E-state index is 14.1. The number of anilines is 1. The standard InChI is InChI=1S/C18H16FN5O3/c1-9-12-4-10(19)5-14-16(12)26-8-11(27-14)6-20-18(25)13-7-21-24-3-2-15(22-9)23-17(13)24/h2-5,7,9,11H,6,8H2,1H3,(H,20,25)(H,22,23)/t9?,11-/m0/s1. The van der Waals surface area contributed by atoms with E-state index in [1.807, 2.05) is 6.92 Å². The van der Waals surface area contributed by atoms with Gasteiger partial charge in [-0.2, -0.15) is 5.10 Å². The first-order valence-electron chi connectivity index (χ1n) is 8.60. The van der Waals surface area contributed by atoms with Gasteiger partial charge in [0.1, 0.15) is 29.9 Å². The molecular formula is C18H16FN5O3. The van der Waals surface area contributed by atoms with Gasteiger partial charge in [0.25, 0.3) is 5.91 Å². The van der Waals surface area contributed by atoms with E-state index < -0.39 is 11.9 Å². The van der Waals surface area contributed by atoms with Crippen LogP contribution in [0.3, 0.4) is 0 Å². The molecule has 1 amide bonds. The maximum absolute atomic E-state index is 14.1. The van der Waals surface area contributed by atoms with Crippen molar-refractivity contribution in [1.29, 1.82) is 0 Å². The topological polar surface area (TPSA) is 89.8 Å². The van der Waals surface area contributed by atoms with Crippen LogP contribution in [0.1, 0.15) is 28.9 Å². The van der Waals surface area contributed by atoms with Gasteiger partial charge in [0.2, 0.25) is 0 Å². The molecule has 6 rings (SSSR count). The second-order valence-electron chi connectivity index (χ2n) is 6.59. The van der Waals surface area contributed by atoms with Gasteiger partial charge in [-0.25, -0.2) is 13.9 Å². The molecule has 0 fully saturated rings. The highest BCUT2D eigenvalue weighted by Crippen LogP contribution is 2.40. The third-order valence-electron chi connectivity index (χ3n) is 4.69. The molecule has 9 heteroatoms. The van der Waals surface area contributed by atoms with Gasteiger partial charge in [0, 0.05) is 17.8 Å². The molecule has 0 saturated heterocycles. The lowest BCUT2D eigenvalue weighted by Gasteiger charge is -2.30.